The zero-order valence-corrected chi connectivity index (χ0v) is 15.0. The average Bonchev–Trinajstić information content (AvgIpc) is 2.68. The number of benzene rings is 2. The second-order valence-electron chi connectivity index (χ2n) is 6.52. The standard InChI is InChI=1S/C21H24N2O3/c1-16(24)17-6-5-7-20(14-17)26-15-21(25)22-18-8-10-19(11-9-18)23-12-3-2-4-13-23/h5-11,14H,2-4,12-13,15H2,1H3,(H,22,25). The molecule has 1 saturated heterocycles. The molecule has 0 aliphatic carbocycles. The second kappa shape index (κ2) is 8.52. The van der Waals surface area contributed by atoms with Crippen LogP contribution in [-0.4, -0.2) is 31.4 Å². The number of rotatable bonds is 6. The van der Waals surface area contributed by atoms with E-state index in [9.17, 15) is 9.59 Å². The molecule has 0 spiro atoms. The highest BCUT2D eigenvalue weighted by atomic mass is 16.5. The van der Waals surface area contributed by atoms with E-state index in [1.165, 1.54) is 31.9 Å². The first-order valence-corrected chi connectivity index (χ1v) is 9.00. The van der Waals surface area contributed by atoms with Gasteiger partial charge in [-0.05, 0) is 62.6 Å². The van der Waals surface area contributed by atoms with Crippen molar-refractivity contribution in [1.29, 1.82) is 0 Å². The summed E-state index contributed by atoms with van der Waals surface area (Å²) in [7, 11) is 0. The van der Waals surface area contributed by atoms with Gasteiger partial charge in [0.1, 0.15) is 5.75 Å². The number of ether oxygens (including phenoxy) is 1. The van der Waals surface area contributed by atoms with Crippen molar-refractivity contribution in [2.75, 3.05) is 29.9 Å². The Bertz CT molecular complexity index is 765. The van der Waals surface area contributed by atoms with Crippen LogP contribution in [0.3, 0.4) is 0 Å². The van der Waals surface area contributed by atoms with Gasteiger partial charge < -0.3 is 15.0 Å². The Morgan fingerprint density at radius 2 is 1.77 bits per heavy atom. The van der Waals surface area contributed by atoms with Crippen LogP contribution in [0.2, 0.25) is 0 Å². The first kappa shape index (κ1) is 18.0. The minimum atomic E-state index is -0.232. The Morgan fingerprint density at radius 3 is 2.46 bits per heavy atom. The van der Waals surface area contributed by atoms with Gasteiger partial charge in [0.25, 0.3) is 5.91 Å². The van der Waals surface area contributed by atoms with E-state index in [-0.39, 0.29) is 18.3 Å². The molecular weight excluding hydrogens is 328 g/mol. The molecule has 2 aromatic carbocycles. The molecule has 0 saturated carbocycles. The van der Waals surface area contributed by atoms with Crippen LogP contribution in [0.4, 0.5) is 11.4 Å². The van der Waals surface area contributed by atoms with Crippen molar-refractivity contribution >= 4 is 23.1 Å². The lowest BCUT2D eigenvalue weighted by atomic mass is 10.1. The third-order valence-corrected chi connectivity index (χ3v) is 4.48. The molecule has 1 amide bonds. The monoisotopic (exact) mass is 352 g/mol. The summed E-state index contributed by atoms with van der Waals surface area (Å²) in [6.07, 6.45) is 3.78. The number of Topliss-reactive ketones (excluding diaryl/α,β-unsaturated/α-hetero) is 1. The maximum atomic E-state index is 12.1. The summed E-state index contributed by atoms with van der Waals surface area (Å²) in [6.45, 7) is 3.59. The largest absolute Gasteiger partial charge is 0.484 e. The van der Waals surface area contributed by atoms with Crippen LogP contribution < -0.4 is 15.0 Å². The Kier molecular flexibility index (Phi) is 5.89. The third kappa shape index (κ3) is 4.85. The van der Waals surface area contributed by atoms with E-state index < -0.39 is 0 Å². The van der Waals surface area contributed by atoms with E-state index in [0.29, 0.717) is 11.3 Å². The van der Waals surface area contributed by atoms with Gasteiger partial charge in [-0.3, -0.25) is 9.59 Å². The van der Waals surface area contributed by atoms with E-state index >= 15 is 0 Å². The van der Waals surface area contributed by atoms with Crippen molar-refractivity contribution < 1.29 is 14.3 Å². The zero-order chi connectivity index (χ0) is 18.4. The summed E-state index contributed by atoms with van der Waals surface area (Å²) < 4.78 is 5.48. The highest BCUT2D eigenvalue weighted by Gasteiger charge is 2.11. The molecule has 1 fully saturated rings. The normalized spacial score (nSPS) is 14.0. The molecule has 26 heavy (non-hydrogen) atoms. The molecule has 1 aliphatic rings. The van der Waals surface area contributed by atoms with Gasteiger partial charge in [0.05, 0.1) is 0 Å². The van der Waals surface area contributed by atoms with Crippen molar-refractivity contribution in [2.45, 2.75) is 26.2 Å². The molecule has 1 N–H and O–H groups in total. The second-order valence-corrected chi connectivity index (χ2v) is 6.52. The van der Waals surface area contributed by atoms with Gasteiger partial charge in [-0.1, -0.05) is 12.1 Å². The quantitative estimate of drug-likeness (QED) is 0.801. The van der Waals surface area contributed by atoms with Crippen molar-refractivity contribution in [1.82, 2.24) is 0 Å². The lowest BCUT2D eigenvalue weighted by Gasteiger charge is -2.28. The van der Waals surface area contributed by atoms with E-state index in [1.807, 2.05) is 24.3 Å². The predicted octanol–water partition coefficient (Wildman–Crippen LogP) is 3.90. The van der Waals surface area contributed by atoms with Crippen molar-refractivity contribution in [3.05, 3.63) is 54.1 Å². The molecule has 1 heterocycles. The number of carbonyl (C=O) groups excluding carboxylic acids is 2. The van der Waals surface area contributed by atoms with Gasteiger partial charge in [-0.25, -0.2) is 0 Å². The number of hydrogen-bond donors (Lipinski definition) is 1. The molecule has 0 unspecified atom stereocenters. The van der Waals surface area contributed by atoms with E-state index in [0.717, 1.165) is 18.8 Å². The number of carbonyl (C=O) groups is 2. The summed E-state index contributed by atoms with van der Waals surface area (Å²) in [4.78, 5) is 25.8. The van der Waals surface area contributed by atoms with E-state index in [1.54, 1.807) is 24.3 Å². The van der Waals surface area contributed by atoms with Crippen LogP contribution in [0.1, 0.15) is 36.5 Å². The lowest BCUT2D eigenvalue weighted by Crippen LogP contribution is -2.29. The zero-order valence-electron chi connectivity index (χ0n) is 15.0. The summed E-state index contributed by atoms with van der Waals surface area (Å²) in [6, 6.07) is 14.7. The fourth-order valence-electron chi connectivity index (χ4n) is 3.06. The van der Waals surface area contributed by atoms with Crippen LogP contribution >= 0.6 is 0 Å². The minimum absolute atomic E-state index is 0.0336. The fraction of sp³-hybridized carbons (Fsp3) is 0.333. The summed E-state index contributed by atoms with van der Waals surface area (Å²) >= 11 is 0. The van der Waals surface area contributed by atoms with Gasteiger partial charge in [-0.15, -0.1) is 0 Å². The van der Waals surface area contributed by atoms with Gasteiger partial charge in [0.15, 0.2) is 12.4 Å². The summed E-state index contributed by atoms with van der Waals surface area (Å²) in [5.41, 5.74) is 2.51. The molecule has 2 aromatic rings. The number of amides is 1. The van der Waals surface area contributed by atoms with Crippen LogP contribution in [0.25, 0.3) is 0 Å². The summed E-state index contributed by atoms with van der Waals surface area (Å²) in [5, 5.41) is 2.83. The van der Waals surface area contributed by atoms with E-state index in [2.05, 4.69) is 10.2 Å². The van der Waals surface area contributed by atoms with Gasteiger partial charge >= 0.3 is 0 Å². The molecule has 3 rings (SSSR count). The number of piperidine rings is 1. The molecule has 0 atom stereocenters. The molecule has 5 heteroatoms. The molecule has 0 radical (unpaired) electrons. The third-order valence-electron chi connectivity index (χ3n) is 4.48. The number of nitrogens with one attached hydrogen (secondary N) is 1. The van der Waals surface area contributed by atoms with Gasteiger partial charge in [0, 0.05) is 30.0 Å². The Balaban J connectivity index is 1.51. The average molecular weight is 352 g/mol. The maximum Gasteiger partial charge on any atom is 0.262 e. The lowest BCUT2D eigenvalue weighted by molar-refractivity contribution is -0.118. The molecular formula is C21H24N2O3. The minimum Gasteiger partial charge on any atom is -0.484 e. The highest BCUT2D eigenvalue weighted by Crippen LogP contribution is 2.22. The number of anilines is 2. The Morgan fingerprint density at radius 1 is 1.04 bits per heavy atom. The van der Waals surface area contributed by atoms with Crippen LogP contribution in [0, 0.1) is 0 Å². The van der Waals surface area contributed by atoms with Crippen LogP contribution in [0.5, 0.6) is 5.75 Å². The molecule has 5 nitrogen and oxygen atoms in total. The van der Waals surface area contributed by atoms with Gasteiger partial charge in [0.2, 0.25) is 0 Å². The maximum absolute atomic E-state index is 12.1. The smallest absolute Gasteiger partial charge is 0.262 e. The van der Waals surface area contributed by atoms with Crippen molar-refractivity contribution in [3.8, 4) is 5.75 Å². The Labute approximate surface area is 154 Å². The number of ketones is 1. The molecule has 1 aliphatic heterocycles. The molecule has 0 bridgehead atoms. The summed E-state index contributed by atoms with van der Waals surface area (Å²) in [5.74, 6) is 0.242. The van der Waals surface area contributed by atoms with Crippen molar-refractivity contribution in [3.63, 3.8) is 0 Å². The molecule has 0 aromatic heterocycles. The van der Waals surface area contributed by atoms with Gasteiger partial charge in [-0.2, -0.15) is 0 Å². The SMILES string of the molecule is CC(=O)c1cccc(OCC(=O)Nc2ccc(N3CCCCC3)cc2)c1. The number of nitrogens with zero attached hydrogens (tertiary/aromatic N) is 1. The first-order chi connectivity index (χ1) is 12.6. The van der Waals surface area contributed by atoms with Crippen LogP contribution in [-0.2, 0) is 4.79 Å². The number of hydrogen-bond acceptors (Lipinski definition) is 4. The van der Waals surface area contributed by atoms with Crippen LogP contribution in [0.15, 0.2) is 48.5 Å². The fourth-order valence-corrected chi connectivity index (χ4v) is 3.06. The van der Waals surface area contributed by atoms with Crippen molar-refractivity contribution in [2.24, 2.45) is 0 Å². The first-order valence-electron chi connectivity index (χ1n) is 9.00. The highest BCUT2D eigenvalue weighted by molar-refractivity contribution is 5.94. The predicted molar refractivity (Wildman–Crippen MR) is 103 cm³/mol. The van der Waals surface area contributed by atoms with E-state index in [4.69, 9.17) is 4.74 Å². The Hall–Kier alpha value is -2.82. The topological polar surface area (TPSA) is 58.6 Å². The molecule has 136 valence electrons.